The molecule has 23 heavy (non-hydrogen) atoms. The monoisotopic (exact) mass is 309 g/mol. The van der Waals surface area contributed by atoms with Crippen molar-refractivity contribution in [1.82, 2.24) is 4.57 Å². The van der Waals surface area contributed by atoms with Gasteiger partial charge in [-0.2, -0.15) is 0 Å². The van der Waals surface area contributed by atoms with E-state index in [0.717, 1.165) is 27.6 Å². The van der Waals surface area contributed by atoms with Gasteiger partial charge in [0.1, 0.15) is 5.75 Å². The van der Waals surface area contributed by atoms with E-state index in [1.54, 1.807) is 18.7 Å². The number of ether oxygens (including phenoxy) is 2. The van der Waals surface area contributed by atoms with Gasteiger partial charge in [-0.3, -0.25) is 4.79 Å². The van der Waals surface area contributed by atoms with Gasteiger partial charge in [-0.15, -0.1) is 0 Å². The van der Waals surface area contributed by atoms with E-state index in [2.05, 4.69) is 0 Å². The highest BCUT2D eigenvalue weighted by atomic mass is 16.7. The number of rotatable bonds is 4. The van der Waals surface area contributed by atoms with Gasteiger partial charge in [0.15, 0.2) is 6.79 Å². The molecule has 1 aromatic heterocycles. The van der Waals surface area contributed by atoms with Crippen molar-refractivity contribution in [2.75, 3.05) is 13.9 Å². The number of methoxy groups -OCH3 is 1. The summed E-state index contributed by atoms with van der Waals surface area (Å²) in [7, 11) is 3.36. The van der Waals surface area contributed by atoms with Gasteiger partial charge in [0, 0.05) is 25.1 Å². The van der Waals surface area contributed by atoms with Crippen LogP contribution in [0.2, 0.25) is 0 Å². The number of aryl methyl sites for hydroxylation is 1. The average Bonchev–Trinajstić information content (AvgIpc) is 2.57. The predicted octanol–water partition coefficient (Wildman–Crippen LogP) is 3.50. The number of para-hydroxylation sites is 1. The SMILES string of the molecule is COCOc1ccccc1-c1cc2ccc(C)cc2c(=O)n1C. The molecular formula is C19H19NO3. The quantitative estimate of drug-likeness (QED) is 0.693. The maximum atomic E-state index is 12.7. The van der Waals surface area contributed by atoms with Gasteiger partial charge in [0.05, 0.1) is 5.69 Å². The van der Waals surface area contributed by atoms with Gasteiger partial charge in [0.25, 0.3) is 5.56 Å². The number of fused-ring (bicyclic) bond motifs is 1. The van der Waals surface area contributed by atoms with E-state index in [1.807, 2.05) is 55.5 Å². The minimum Gasteiger partial charge on any atom is -0.467 e. The first-order valence-electron chi connectivity index (χ1n) is 7.43. The molecule has 0 saturated carbocycles. The maximum absolute atomic E-state index is 12.7. The fourth-order valence-corrected chi connectivity index (χ4v) is 2.70. The summed E-state index contributed by atoms with van der Waals surface area (Å²) in [6.45, 7) is 2.15. The first kappa shape index (κ1) is 15.3. The lowest BCUT2D eigenvalue weighted by molar-refractivity contribution is 0.0515. The van der Waals surface area contributed by atoms with Gasteiger partial charge in [-0.25, -0.2) is 0 Å². The van der Waals surface area contributed by atoms with Crippen LogP contribution in [0.1, 0.15) is 5.56 Å². The molecule has 4 heteroatoms. The zero-order chi connectivity index (χ0) is 16.4. The molecule has 0 radical (unpaired) electrons. The molecule has 0 fully saturated rings. The van der Waals surface area contributed by atoms with Crippen molar-refractivity contribution in [2.45, 2.75) is 6.92 Å². The third-order valence-electron chi connectivity index (χ3n) is 3.89. The summed E-state index contributed by atoms with van der Waals surface area (Å²) in [4.78, 5) is 12.7. The summed E-state index contributed by atoms with van der Waals surface area (Å²) in [5, 5.41) is 1.65. The Balaban J connectivity index is 2.23. The molecule has 118 valence electrons. The number of hydrogen-bond donors (Lipinski definition) is 0. The molecule has 0 atom stereocenters. The summed E-state index contributed by atoms with van der Waals surface area (Å²) in [5.74, 6) is 0.691. The van der Waals surface area contributed by atoms with Crippen molar-refractivity contribution in [1.29, 1.82) is 0 Å². The van der Waals surface area contributed by atoms with E-state index < -0.39 is 0 Å². The number of benzene rings is 2. The average molecular weight is 309 g/mol. The highest BCUT2D eigenvalue weighted by molar-refractivity contribution is 5.86. The van der Waals surface area contributed by atoms with E-state index in [1.165, 1.54) is 0 Å². The molecule has 4 nitrogen and oxygen atoms in total. The third-order valence-corrected chi connectivity index (χ3v) is 3.89. The summed E-state index contributed by atoms with van der Waals surface area (Å²) in [6.07, 6.45) is 0. The second-order valence-electron chi connectivity index (χ2n) is 5.53. The highest BCUT2D eigenvalue weighted by Crippen LogP contribution is 2.30. The van der Waals surface area contributed by atoms with Gasteiger partial charge >= 0.3 is 0 Å². The lowest BCUT2D eigenvalue weighted by atomic mass is 10.0. The normalized spacial score (nSPS) is 10.9. The van der Waals surface area contributed by atoms with Crippen LogP contribution in [-0.2, 0) is 11.8 Å². The Bertz CT molecular complexity index is 912. The lowest BCUT2D eigenvalue weighted by Crippen LogP contribution is -2.18. The van der Waals surface area contributed by atoms with E-state index >= 15 is 0 Å². The first-order chi connectivity index (χ1) is 11.1. The second kappa shape index (κ2) is 6.26. The van der Waals surface area contributed by atoms with Crippen molar-refractivity contribution in [3.05, 3.63) is 64.4 Å². The van der Waals surface area contributed by atoms with E-state index in [0.29, 0.717) is 5.75 Å². The number of pyridine rings is 1. The van der Waals surface area contributed by atoms with Gasteiger partial charge in [-0.05, 0) is 36.6 Å². The van der Waals surface area contributed by atoms with Gasteiger partial charge in [-0.1, -0.05) is 29.8 Å². The Kier molecular flexibility index (Phi) is 4.17. The van der Waals surface area contributed by atoms with Crippen molar-refractivity contribution in [3.63, 3.8) is 0 Å². The molecule has 0 aliphatic carbocycles. The number of hydrogen-bond acceptors (Lipinski definition) is 3. The van der Waals surface area contributed by atoms with Crippen molar-refractivity contribution < 1.29 is 9.47 Å². The van der Waals surface area contributed by atoms with Crippen LogP contribution in [0.25, 0.3) is 22.0 Å². The molecule has 0 aliphatic rings. The largest absolute Gasteiger partial charge is 0.467 e. The van der Waals surface area contributed by atoms with Crippen LogP contribution in [0, 0.1) is 6.92 Å². The van der Waals surface area contributed by atoms with Crippen LogP contribution in [-0.4, -0.2) is 18.5 Å². The van der Waals surface area contributed by atoms with Crippen LogP contribution >= 0.6 is 0 Å². The molecule has 0 amide bonds. The zero-order valence-electron chi connectivity index (χ0n) is 13.5. The molecule has 0 spiro atoms. The molecule has 3 rings (SSSR count). The van der Waals surface area contributed by atoms with Crippen LogP contribution in [0.3, 0.4) is 0 Å². The first-order valence-corrected chi connectivity index (χ1v) is 7.43. The Morgan fingerprint density at radius 3 is 2.65 bits per heavy atom. The fraction of sp³-hybridized carbons (Fsp3) is 0.211. The molecular weight excluding hydrogens is 290 g/mol. The molecule has 0 bridgehead atoms. The van der Waals surface area contributed by atoms with Gasteiger partial charge < -0.3 is 14.0 Å². The standard InChI is InChI=1S/C19H19NO3/c1-13-8-9-14-11-17(20(2)19(21)16(14)10-13)15-6-4-5-7-18(15)23-12-22-3/h4-11H,12H2,1-3H3. The predicted molar refractivity (Wildman–Crippen MR) is 91.9 cm³/mol. The fourth-order valence-electron chi connectivity index (χ4n) is 2.70. The molecule has 2 aromatic carbocycles. The van der Waals surface area contributed by atoms with E-state index in [-0.39, 0.29) is 12.4 Å². The lowest BCUT2D eigenvalue weighted by Gasteiger charge is -2.15. The summed E-state index contributed by atoms with van der Waals surface area (Å²) in [5.41, 5.74) is 2.75. The van der Waals surface area contributed by atoms with Crippen LogP contribution in [0.15, 0.2) is 53.3 Å². The highest BCUT2D eigenvalue weighted by Gasteiger charge is 2.12. The van der Waals surface area contributed by atoms with Gasteiger partial charge in [0.2, 0.25) is 0 Å². The van der Waals surface area contributed by atoms with E-state index in [9.17, 15) is 4.79 Å². The Morgan fingerprint density at radius 2 is 1.87 bits per heavy atom. The molecule has 0 saturated heterocycles. The second-order valence-corrected chi connectivity index (χ2v) is 5.53. The summed E-state index contributed by atoms with van der Waals surface area (Å²) < 4.78 is 12.3. The molecule has 0 aliphatic heterocycles. The zero-order valence-corrected chi connectivity index (χ0v) is 13.5. The summed E-state index contributed by atoms with van der Waals surface area (Å²) >= 11 is 0. The molecule has 0 N–H and O–H groups in total. The molecule has 1 heterocycles. The van der Waals surface area contributed by atoms with Crippen LogP contribution in [0.4, 0.5) is 0 Å². The van der Waals surface area contributed by atoms with Crippen molar-refractivity contribution in [3.8, 4) is 17.0 Å². The topological polar surface area (TPSA) is 40.5 Å². The minimum absolute atomic E-state index is 0.0113. The van der Waals surface area contributed by atoms with Crippen molar-refractivity contribution >= 4 is 10.8 Å². The summed E-state index contributed by atoms with van der Waals surface area (Å²) in [6, 6.07) is 15.6. The van der Waals surface area contributed by atoms with Crippen LogP contribution in [0.5, 0.6) is 5.75 Å². The molecule has 3 aromatic rings. The maximum Gasteiger partial charge on any atom is 0.258 e. The Hall–Kier alpha value is -2.59. The Morgan fingerprint density at radius 1 is 1.09 bits per heavy atom. The van der Waals surface area contributed by atoms with E-state index in [4.69, 9.17) is 9.47 Å². The number of nitrogens with zero attached hydrogens (tertiary/aromatic N) is 1. The van der Waals surface area contributed by atoms with Crippen molar-refractivity contribution in [2.24, 2.45) is 7.05 Å². The van der Waals surface area contributed by atoms with Crippen LogP contribution < -0.4 is 10.3 Å². The Labute approximate surface area is 134 Å². The molecule has 0 unspecified atom stereocenters. The minimum atomic E-state index is -0.0113. The third kappa shape index (κ3) is 2.85. The smallest absolute Gasteiger partial charge is 0.258 e. The number of aromatic nitrogens is 1.